The van der Waals surface area contributed by atoms with Gasteiger partial charge in [-0.2, -0.15) is 0 Å². The highest BCUT2D eigenvalue weighted by Crippen LogP contribution is 2.46. The fourth-order valence-corrected chi connectivity index (χ4v) is 6.65. The van der Waals surface area contributed by atoms with Gasteiger partial charge in [-0.05, 0) is 29.5 Å². The van der Waals surface area contributed by atoms with Crippen molar-refractivity contribution in [2.75, 3.05) is 34.4 Å². The Balaban J connectivity index is 0.000000276. The fourth-order valence-electron chi connectivity index (χ4n) is 6.65. The van der Waals surface area contributed by atoms with Gasteiger partial charge in [0.25, 0.3) is 0 Å². The number of amides is 2. The normalized spacial score (nSPS) is 24.4. The summed E-state index contributed by atoms with van der Waals surface area (Å²) >= 11 is 0. The highest BCUT2D eigenvalue weighted by atomic mass is 16.6. The second-order valence-electron chi connectivity index (χ2n) is 12.7. The summed E-state index contributed by atoms with van der Waals surface area (Å²) in [6, 6.07) is 16.9. The van der Waals surface area contributed by atoms with Crippen LogP contribution in [0.25, 0.3) is 0 Å². The Kier molecular flexibility index (Phi) is 14.6. The van der Waals surface area contributed by atoms with Crippen molar-refractivity contribution in [3.05, 3.63) is 109 Å². The first-order chi connectivity index (χ1) is 24.4. The van der Waals surface area contributed by atoms with Crippen molar-refractivity contribution < 1.29 is 47.7 Å². The van der Waals surface area contributed by atoms with Crippen molar-refractivity contribution in [2.45, 2.75) is 52.0 Å². The lowest BCUT2D eigenvalue weighted by Gasteiger charge is -2.33. The number of hydrogen-bond donors (Lipinski definition) is 0. The SMILES string of the molecule is C=CC[C@]1(C)/C(=C/OC)CN(C(=O)OCc2ccccc2)[C@@H]1C(=O)OC.C=CC[C@]1(C)C(C=O)CN(C(=O)OCc2ccccc2)[C@@H]1C(=O)OC. The number of ether oxygens (including phenoxy) is 5. The van der Waals surface area contributed by atoms with Gasteiger partial charge in [0.1, 0.15) is 31.6 Å². The van der Waals surface area contributed by atoms with Crippen LogP contribution in [0.4, 0.5) is 9.59 Å². The third-order valence-electron chi connectivity index (χ3n) is 9.47. The van der Waals surface area contributed by atoms with E-state index in [2.05, 4.69) is 13.2 Å². The summed E-state index contributed by atoms with van der Waals surface area (Å²) < 4.78 is 25.7. The van der Waals surface area contributed by atoms with E-state index in [1.165, 1.54) is 31.1 Å². The van der Waals surface area contributed by atoms with Gasteiger partial charge in [-0.15, -0.1) is 13.2 Å². The van der Waals surface area contributed by atoms with Crippen LogP contribution in [0.3, 0.4) is 0 Å². The molecule has 51 heavy (non-hydrogen) atoms. The van der Waals surface area contributed by atoms with E-state index in [1.807, 2.05) is 67.6 Å². The van der Waals surface area contributed by atoms with Gasteiger partial charge >= 0.3 is 24.1 Å². The van der Waals surface area contributed by atoms with Crippen LogP contribution in [0, 0.1) is 16.7 Å². The van der Waals surface area contributed by atoms with Gasteiger partial charge < -0.3 is 28.5 Å². The van der Waals surface area contributed by atoms with E-state index in [0.717, 1.165) is 23.0 Å². The number of esters is 2. The lowest BCUT2D eigenvalue weighted by molar-refractivity contribution is -0.149. The molecule has 5 atom stereocenters. The van der Waals surface area contributed by atoms with Crippen LogP contribution < -0.4 is 0 Å². The van der Waals surface area contributed by atoms with E-state index >= 15 is 0 Å². The summed E-state index contributed by atoms with van der Waals surface area (Å²) in [6.45, 7) is 11.7. The fraction of sp³-hybridized carbons (Fsp3) is 0.410. The van der Waals surface area contributed by atoms with Crippen molar-refractivity contribution in [3.8, 4) is 0 Å². The van der Waals surface area contributed by atoms with Crippen LogP contribution in [-0.2, 0) is 51.3 Å². The first-order valence-electron chi connectivity index (χ1n) is 16.4. The third kappa shape index (κ3) is 9.24. The quantitative estimate of drug-likeness (QED) is 0.0867. The van der Waals surface area contributed by atoms with Gasteiger partial charge in [0, 0.05) is 29.8 Å². The van der Waals surface area contributed by atoms with Crippen LogP contribution in [0.15, 0.2) is 97.8 Å². The number of likely N-dealkylation sites (tertiary alicyclic amines) is 2. The van der Waals surface area contributed by atoms with Gasteiger partial charge in [0.2, 0.25) is 0 Å². The largest absolute Gasteiger partial charge is 0.504 e. The lowest BCUT2D eigenvalue weighted by atomic mass is 9.73. The van der Waals surface area contributed by atoms with Crippen LogP contribution in [0.2, 0.25) is 0 Å². The van der Waals surface area contributed by atoms with E-state index in [0.29, 0.717) is 12.8 Å². The molecule has 12 nitrogen and oxygen atoms in total. The molecule has 1 unspecified atom stereocenters. The molecule has 2 aliphatic heterocycles. The molecule has 2 aromatic carbocycles. The molecule has 0 aliphatic carbocycles. The Morgan fingerprint density at radius 3 is 1.71 bits per heavy atom. The number of rotatable bonds is 12. The molecule has 274 valence electrons. The maximum Gasteiger partial charge on any atom is 0.411 e. The minimum atomic E-state index is -0.894. The Morgan fingerprint density at radius 1 is 0.765 bits per heavy atom. The molecular formula is C39H48N2O10. The molecule has 4 rings (SSSR count). The molecule has 2 saturated heterocycles. The number of allylic oxidation sites excluding steroid dienone is 2. The molecule has 2 heterocycles. The van der Waals surface area contributed by atoms with Crippen molar-refractivity contribution >= 4 is 30.4 Å². The average molecular weight is 705 g/mol. The molecule has 0 saturated carbocycles. The molecular weight excluding hydrogens is 656 g/mol. The van der Waals surface area contributed by atoms with Gasteiger partial charge in [-0.1, -0.05) is 86.7 Å². The summed E-state index contributed by atoms with van der Waals surface area (Å²) in [5.74, 6) is -1.56. The zero-order chi connectivity index (χ0) is 37.6. The number of benzene rings is 2. The van der Waals surface area contributed by atoms with Crippen LogP contribution in [-0.4, -0.2) is 86.7 Å². The first kappa shape index (κ1) is 40.0. The third-order valence-corrected chi connectivity index (χ3v) is 9.47. The van der Waals surface area contributed by atoms with Crippen LogP contribution >= 0.6 is 0 Å². The van der Waals surface area contributed by atoms with E-state index in [4.69, 9.17) is 23.7 Å². The highest BCUT2D eigenvalue weighted by Gasteiger charge is 2.57. The zero-order valence-electron chi connectivity index (χ0n) is 29.9. The molecule has 0 bridgehead atoms. The summed E-state index contributed by atoms with van der Waals surface area (Å²) in [7, 11) is 4.10. The van der Waals surface area contributed by atoms with Crippen molar-refractivity contribution in [1.82, 2.24) is 9.80 Å². The number of aldehydes is 1. The molecule has 2 aliphatic rings. The number of carbonyl (C=O) groups excluding carboxylic acids is 5. The summed E-state index contributed by atoms with van der Waals surface area (Å²) in [6.07, 6.45) is 5.40. The monoisotopic (exact) mass is 704 g/mol. The van der Waals surface area contributed by atoms with Gasteiger partial charge in [-0.25, -0.2) is 19.2 Å². The number of nitrogens with zero attached hydrogens (tertiary/aromatic N) is 2. The lowest BCUT2D eigenvalue weighted by Crippen LogP contribution is -2.48. The van der Waals surface area contributed by atoms with Gasteiger partial charge in [0.05, 0.1) is 27.6 Å². The number of methoxy groups -OCH3 is 3. The molecule has 0 spiro atoms. The number of carbonyl (C=O) groups is 5. The standard InChI is InChI=1S/C20H25NO5.C19H23NO5/c1-5-11-20(2)16(14-24-3)12-21(17(20)18(22)25-4)19(23)26-13-15-9-7-6-8-10-15;1-4-10-19(2)15(12-21)11-20(16(19)17(22)24-3)18(23)25-13-14-8-6-5-7-9-14/h5-10,14,17H,1,11-13H2,2-4H3;4-9,12,15-16H,1,10-11,13H2,2-3H3/b16-14+;/t17-,20-;15?,16-,19-/m11/s1. The Bertz CT molecular complexity index is 1560. The maximum absolute atomic E-state index is 12.7. The van der Waals surface area contributed by atoms with Gasteiger partial charge in [0.15, 0.2) is 0 Å². The van der Waals surface area contributed by atoms with Crippen molar-refractivity contribution in [3.63, 3.8) is 0 Å². The Hall–Kier alpha value is -5.39. The Labute approximate surface area is 299 Å². The average Bonchev–Trinajstić information content (AvgIpc) is 3.60. The Morgan fingerprint density at radius 2 is 1.25 bits per heavy atom. The molecule has 0 N–H and O–H groups in total. The first-order valence-corrected chi connectivity index (χ1v) is 16.4. The van der Waals surface area contributed by atoms with Crippen molar-refractivity contribution in [1.29, 1.82) is 0 Å². The maximum atomic E-state index is 12.7. The highest BCUT2D eigenvalue weighted by molar-refractivity contribution is 5.85. The summed E-state index contributed by atoms with van der Waals surface area (Å²) in [5.41, 5.74) is 1.08. The predicted molar refractivity (Wildman–Crippen MR) is 189 cm³/mol. The van der Waals surface area contributed by atoms with Crippen LogP contribution in [0.5, 0.6) is 0 Å². The van der Waals surface area contributed by atoms with Gasteiger partial charge in [-0.3, -0.25) is 9.80 Å². The minimum Gasteiger partial charge on any atom is -0.504 e. The molecule has 2 amide bonds. The van der Waals surface area contributed by atoms with E-state index in [1.54, 1.807) is 25.3 Å². The predicted octanol–water partition coefficient (Wildman–Crippen LogP) is 5.87. The molecule has 12 heteroatoms. The molecule has 0 radical (unpaired) electrons. The summed E-state index contributed by atoms with van der Waals surface area (Å²) in [5, 5.41) is 0. The molecule has 2 fully saturated rings. The number of hydrogen-bond acceptors (Lipinski definition) is 10. The van der Waals surface area contributed by atoms with E-state index < -0.39 is 53.0 Å². The molecule has 2 aromatic rings. The smallest absolute Gasteiger partial charge is 0.411 e. The van der Waals surface area contributed by atoms with E-state index in [-0.39, 0.29) is 26.3 Å². The zero-order valence-corrected chi connectivity index (χ0v) is 29.9. The van der Waals surface area contributed by atoms with Crippen molar-refractivity contribution in [2.24, 2.45) is 16.7 Å². The summed E-state index contributed by atoms with van der Waals surface area (Å²) in [4.78, 5) is 64.3. The minimum absolute atomic E-state index is 0.0913. The van der Waals surface area contributed by atoms with Crippen LogP contribution in [0.1, 0.15) is 37.8 Å². The topological polar surface area (TPSA) is 138 Å². The molecule has 0 aromatic heterocycles. The van der Waals surface area contributed by atoms with E-state index in [9.17, 15) is 24.0 Å². The second kappa shape index (κ2) is 18.6. The second-order valence-corrected chi connectivity index (χ2v) is 12.7.